The van der Waals surface area contributed by atoms with Gasteiger partial charge < -0.3 is 14.4 Å². The molecule has 0 unspecified atom stereocenters. The number of nitrogens with zero attached hydrogens (tertiary/aromatic N) is 3. The molecule has 2 bridgehead atoms. The van der Waals surface area contributed by atoms with E-state index in [1.807, 2.05) is 13.8 Å². The van der Waals surface area contributed by atoms with Crippen molar-refractivity contribution >= 4 is 21.8 Å². The first kappa shape index (κ1) is 25.9. The van der Waals surface area contributed by atoms with Crippen molar-refractivity contribution in [1.82, 2.24) is 19.7 Å². The van der Waals surface area contributed by atoms with Crippen molar-refractivity contribution in [2.24, 2.45) is 0 Å². The Morgan fingerprint density at radius 3 is 2.42 bits per heavy atom. The van der Waals surface area contributed by atoms with Crippen molar-refractivity contribution in [3.8, 4) is 17.4 Å². The highest BCUT2D eigenvalue weighted by Crippen LogP contribution is 2.38. The third-order valence-corrected chi connectivity index (χ3v) is 8.15. The maximum Gasteiger partial charge on any atom is 0.263 e. The number of rotatable bonds is 8. The Hall–Kier alpha value is -3.22. The summed E-state index contributed by atoms with van der Waals surface area (Å²) in [6.45, 7) is 5.52. The summed E-state index contributed by atoms with van der Waals surface area (Å²) in [5, 5.41) is 9.33. The van der Waals surface area contributed by atoms with Crippen molar-refractivity contribution in [3.63, 3.8) is 0 Å². The van der Waals surface area contributed by atoms with Crippen LogP contribution in [0, 0.1) is 0 Å². The summed E-state index contributed by atoms with van der Waals surface area (Å²) in [6.07, 6.45) is 2.49. The van der Waals surface area contributed by atoms with Crippen LogP contribution in [0.15, 0.2) is 47.5 Å². The van der Waals surface area contributed by atoms with Gasteiger partial charge in [0.05, 0.1) is 18.3 Å². The number of hydrogen-bond donors (Lipinski definition) is 2. The van der Waals surface area contributed by atoms with E-state index in [2.05, 4.69) is 4.98 Å². The van der Waals surface area contributed by atoms with Crippen LogP contribution in [-0.4, -0.2) is 70.4 Å². The maximum absolute atomic E-state index is 13.5. The predicted octanol–water partition coefficient (Wildman–Crippen LogP) is 2.31. The first-order valence-electron chi connectivity index (χ1n) is 11.8. The number of pyridine rings is 1. The van der Waals surface area contributed by atoms with Crippen LogP contribution >= 0.6 is 0 Å². The van der Waals surface area contributed by atoms with Crippen molar-refractivity contribution in [2.75, 3.05) is 6.54 Å². The van der Waals surface area contributed by atoms with E-state index < -0.39 is 28.0 Å². The standard InChI is InChI=1S/C24H30N4O7S/c1-4-22(29)28-16-5-11-20(28)23(24(30)26-31)27(14-16)36(32,33)19-10-12-21(25-13-19)35-18-8-6-17(7-9-18)34-15(2)3/h6-10,12-13,15-16,20,23,31H,4-5,11,14H2,1-3H3,(H,26,30)/t16-,20+,23-/m1/s1. The van der Waals surface area contributed by atoms with Gasteiger partial charge in [-0.3, -0.25) is 14.8 Å². The second kappa shape index (κ2) is 10.4. The Bertz CT molecular complexity index is 1200. The molecule has 4 rings (SSSR count). The molecule has 2 aliphatic heterocycles. The maximum atomic E-state index is 13.5. The second-order valence-corrected chi connectivity index (χ2v) is 10.9. The Balaban J connectivity index is 1.54. The summed E-state index contributed by atoms with van der Waals surface area (Å²) in [7, 11) is -4.17. The molecule has 12 heteroatoms. The SMILES string of the molecule is CCC(=O)N1[C@@H]2CC[C@H]1[C@H](C(=O)NO)N(S(=O)(=O)c1ccc(Oc3ccc(OC(C)C)cc3)nc1)C2. The number of benzene rings is 1. The minimum absolute atomic E-state index is 0.0429. The molecule has 3 atom stereocenters. The summed E-state index contributed by atoms with van der Waals surface area (Å²) in [4.78, 5) is 30.7. The fraction of sp³-hybridized carbons (Fsp3) is 0.458. The van der Waals surface area contributed by atoms with Crippen LogP contribution < -0.4 is 15.0 Å². The lowest BCUT2D eigenvalue weighted by atomic mass is 10.0. The van der Waals surface area contributed by atoms with Crippen LogP contribution in [0.25, 0.3) is 0 Å². The molecule has 2 saturated heterocycles. The predicted molar refractivity (Wildman–Crippen MR) is 128 cm³/mol. The Morgan fingerprint density at radius 2 is 1.83 bits per heavy atom. The van der Waals surface area contributed by atoms with Crippen molar-refractivity contribution in [2.45, 2.75) is 69.2 Å². The lowest BCUT2D eigenvalue weighted by Gasteiger charge is -2.44. The largest absolute Gasteiger partial charge is 0.491 e. The average molecular weight is 519 g/mol. The summed E-state index contributed by atoms with van der Waals surface area (Å²) in [5.74, 6) is 0.359. The van der Waals surface area contributed by atoms with Crippen LogP contribution in [0.1, 0.15) is 40.0 Å². The van der Waals surface area contributed by atoms with Gasteiger partial charge in [-0.15, -0.1) is 0 Å². The molecule has 1 aromatic heterocycles. The molecule has 3 heterocycles. The van der Waals surface area contributed by atoms with Gasteiger partial charge in [0.2, 0.25) is 21.8 Å². The molecule has 36 heavy (non-hydrogen) atoms. The first-order chi connectivity index (χ1) is 17.1. The van der Waals surface area contributed by atoms with Gasteiger partial charge >= 0.3 is 0 Å². The highest BCUT2D eigenvalue weighted by atomic mass is 32.2. The summed E-state index contributed by atoms with van der Waals surface area (Å²) < 4.78 is 39.5. The highest BCUT2D eigenvalue weighted by molar-refractivity contribution is 7.89. The molecule has 194 valence electrons. The normalized spacial score (nSPS) is 21.9. The number of carbonyl (C=O) groups is 2. The van der Waals surface area contributed by atoms with Crippen molar-refractivity contribution < 1.29 is 32.7 Å². The minimum atomic E-state index is -4.17. The minimum Gasteiger partial charge on any atom is -0.491 e. The lowest BCUT2D eigenvalue weighted by molar-refractivity contribution is -0.144. The smallest absolute Gasteiger partial charge is 0.263 e. The lowest BCUT2D eigenvalue weighted by Crippen LogP contribution is -2.66. The first-order valence-corrected chi connectivity index (χ1v) is 13.3. The number of sulfonamides is 1. The molecule has 0 spiro atoms. The van der Waals surface area contributed by atoms with E-state index in [0.717, 1.165) is 4.31 Å². The zero-order valence-corrected chi connectivity index (χ0v) is 21.1. The van der Waals surface area contributed by atoms with E-state index in [-0.39, 0.29) is 41.8 Å². The molecule has 2 aliphatic rings. The fourth-order valence-corrected chi connectivity index (χ4v) is 6.40. The van der Waals surface area contributed by atoms with Gasteiger partial charge in [-0.05, 0) is 57.0 Å². The monoisotopic (exact) mass is 518 g/mol. The van der Waals surface area contributed by atoms with Gasteiger partial charge in [0.15, 0.2) is 0 Å². The average Bonchev–Trinajstić information content (AvgIpc) is 3.17. The van der Waals surface area contributed by atoms with Crippen LogP contribution in [0.4, 0.5) is 0 Å². The van der Waals surface area contributed by atoms with Gasteiger partial charge in [-0.25, -0.2) is 18.9 Å². The van der Waals surface area contributed by atoms with Gasteiger partial charge in [-0.2, -0.15) is 4.31 Å². The van der Waals surface area contributed by atoms with Crippen LogP contribution in [0.5, 0.6) is 17.4 Å². The number of nitrogens with one attached hydrogen (secondary N) is 1. The Morgan fingerprint density at radius 1 is 1.14 bits per heavy atom. The molecule has 0 radical (unpaired) electrons. The highest BCUT2D eigenvalue weighted by Gasteiger charge is 2.54. The molecule has 0 aliphatic carbocycles. The number of aromatic nitrogens is 1. The summed E-state index contributed by atoms with van der Waals surface area (Å²) in [6, 6.07) is 7.50. The van der Waals surface area contributed by atoms with E-state index >= 15 is 0 Å². The van der Waals surface area contributed by atoms with Crippen LogP contribution in [0.3, 0.4) is 0 Å². The summed E-state index contributed by atoms with van der Waals surface area (Å²) in [5.41, 5.74) is 1.57. The molecule has 11 nitrogen and oxygen atoms in total. The number of hydroxylamine groups is 1. The Kier molecular flexibility index (Phi) is 7.48. The van der Waals surface area contributed by atoms with E-state index in [1.54, 1.807) is 41.6 Å². The van der Waals surface area contributed by atoms with Gasteiger partial charge in [0.25, 0.3) is 5.91 Å². The molecule has 2 fully saturated rings. The molecular formula is C24H30N4O7S. The van der Waals surface area contributed by atoms with Gasteiger partial charge in [0, 0.05) is 25.1 Å². The fourth-order valence-electron chi connectivity index (χ4n) is 4.80. The third kappa shape index (κ3) is 5.01. The number of piperazine rings is 1. The molecule has 2 amide bonds. The topological polar surface area (TPSA) is 138 Å². The van der Waals surface area contributed by atoms with Crippen LogP contribution in [0.2, 0.25) is 0 Å². The van der Waals surface area contributed by atoms with Crippen molar-refractivity contribution in [1.29, 1.82) is 0 Å². The van der Waals surface area contributed by atoms with E-state index in [9.17, 15) is 23.2 Å². The van der Waals surface area contributed by atoms with Gasteiger partial charge in [-0.1, -0.05) is 6.92 Å². The molecule has 2 N–H and O–H groups in total. The number of hydrogen-bond acceptors (Lipinski definition) is 8. The number of ether oxygens (including phenoxy) is 2. The second-order valence-electron chi connectivity index (χ2n) is 9.02. The molecule has 2 aromatic rings. The van der Waals surface area contributed by atoms with Crippen LogP contribution in [-0.2, 0) is 19.6 Å². The zero-order valence-electron chi connectivity index (χ0n) is 20.3. The molecular weight excluding hydrogens is 488 g/mol. The van der Waals surface area contributed by atoms with Gasteiger partial charge in [0.1, 0.15) is 22.4 Å². The van der Waals surface area contributed by atoms with E-state index in [1.165, 1.54) is 18.3 Å². The molecule has 1 aromatic carbocycles. The number of amides is 2. The Labute approximate surface area is 210 Å². The van der Waals surface area contributed by atoms with Crippen molar-refractivity contribution in [3.05, 3.63) is 42.6 Å². The zero-order chi connectivity index (χ0) is 26.0. The van der Waals surface area contributed by atoms with E-state index in [4.69, 9.17) is 9.47 Å². The number of fused-ring (bicyclic) bond motifs is 2. The van der Waals surface area contributed by atoms with E-state index in [0.29, 0.717) is 24.3 Å². The number of carbonyl (C=O) groups excluding carboxylic acids is 2. The quantitative estimate of drug-likeness (QED) is 0.401. The summed E-state index contributed by atoms with van der Waals surface area (Å²) >= 11 is 0. The third-order valence-electron chi connectivity index (χ3n) is 6.31. The molecule has 0 saturated carbocycles.